The predicted octanol–water partition coefficient (Wildman–Crippen LogP) is 12.7. The summed E-state index contributed by atoms with van der Waals surface area (Å²) in [4.78, 5) is 40.3. The summed E-state index contributed by atoms with van der Waals surface area (Å²) in [5.74, 6) is 0.583. The molecule has 4 fully saturated rings. The van der Waals surface area contributed by atoms with Crippen LogP contribution in [-0.2, 0) is 48.4 Å². The fourth-order valence-electron chi connectivity index (χ4n) is 14.3. The molecule has 9 nitrogen and oxygen atoms in total. The molecule has 348 valence electrons. The molecule has 0 N–H and O–H groups in total. The number of carbonyl (C=O) groups is 3. The lowest BCUT2D eigenvalue weighted by Gasteiger charge is -2.71. The van der Waals surface area contributed by atoms with Crippen LogP contribution in [0.4, 0.5) is 0 Å². The second kappa shape index (κ2) is 19.2. The van der Waals surface area contributed by atoms with E-state index in [-0.39, 0.29) is 70.2 Å². The van der Waals surface area contributed by atoms with Gasteiger partial charge in [0.15, 0.2) is 0 Å². The maximum atomic E-state index is 14.4. The molecule has 2 aromatic rings. The molecule has 0 bridgehead atoms. The SMILES string of the molecule is CCCCCCCCCCCC(=O)OCc1cn(CC(=O)O[C@H]2CC[C@]3(C)[C@H]4CC=C5[C@@H]6CC(C)(C)CC[C@]6(C(=O)OCc6ccccc6)CC[C@@]5(C)[C@]4(C)CC[C@H]3C2(C)C)nn1. The largest absolute Gasteiger partial charge is 0.460 e. The van der Waals surface area contributed by atoms with Crippen LogP contribution >= 0.6 is 0 Å². The van der Waals surface area contributed by atoms with E-state index in [1.807, 2.05) is 30.3 Å². The summed E-state index contributed by atoms with van der Waals surface area (Å²) >= 11 is 0. The van der Waals surface area contributed by atoms with Gasteiger partial charge in [-0.05, 0) is 116 Å². The van der Waals surface area contributed by atoms with Gasteiger partial charge in [-0.1, -0.05) is 154 Å². The van der Waals surface area contributed by atoms with Gasteiger partial charge in [0.05, 0.1) is 11.6 Å². The number of hydrogen-bond donors (Lipinski definition) is 0. The Morgan fingerprint density at radius 3 is 2.17 bits per heavy atom. The van der Waals surface area contributed by atoms with Crippen LogP contribution in [-0.4, -0.2) is 39.0 Å². The van der Waals surface area contributed by atoms with E-state index < -0.39 is 5.41 Å². The molecule has 4 saturated carbocycles. The molecule has 1 aromatic carbocycles. The molecule has 0 aliphatic heterocycles. The van der Waals surface area contributed by atoms with Crippen LogP contribution in [0.15, 0.2) is 48.2 Å². The van der Waals surface area contributed by atoms with E-state index in [1.54, 1.807) is 11.8 Å². The van der Waals surface area contributed by atoms with E-state index in [9.17, 15) is 14.4 Å². The fourth-order valence-corrected chi connectivity index (χ4v) is 14.3. The van der Waals surface area contributed by atoms with Gasteiger partial charge in [-0.15, -0.1) is 5.10 Å². The Kier molecular flexibility index (Phi) is 14.4. The quantitative estimate of drug-likeness (QED) is 0.0630. The highest BCUT2D eigenvalue weighted by Crippen LogP contribution is 2.76. The van der Waals surface area contributed by atoms with Crippen molar-refractivity contribution >= 4 is 17.9 Å². The number of carbonyl (C=O) groups excluding carboxylic acids is 3. The lowest BCUT2D eigenvalue weighted by atomic mass is 9.33. The molecule has 5 aliphatic rings. The molecule has 0 spiro atoms. The number of unbranched alkanes of at least 4 members (excludes halogenated alkanes) is 8. The molecule has 63 heavy (non-hydrogen) atoms. The van der Waals surface area contributed by atoms with Gasteiger partial charge in [-0.2, -0.15) is 0 Å². The first-order valence-corrected chi connectivity index (χ1v) is 25.1. The van der Waals surface area contributed by atoms with Crippen LogP contribution in [0, 0.1) is 50.2 Å². The number of benzene rings is 1. The third-order valence-corrected chi connectivity index (χ3v) is 18.2. The van der Waals surface area contributed by atoms with Gasteiger partial charge < -0.3 is 14.2 Å². The maximum absolute atomic E-state index is 14.4. The van der Waals surface area contributed by atoms with Gasteiger partial charge in [0.1, 0.15) is 31.6 Å². The summed E-state index contributed by atoms with van der Waals surface area (Å²) < 4.78 is 19.6. The number of fused-ring (bicyclic) bond motifs is 7. The number of nitrogens with zero attached hydrogens (tertiary/aromatic N) is 3. The fraction of sp³-hybridized carbons (Fsp3) is 0.759. The molecule has 0 radical (unpaired) electrons. The average Bonchev–Trinajstić information content (AvgIpc) is 3.69. The lowest BCUT2D eigenvalue weighted by molar-refractivity contribution is -0.214. The van der Waals surface area contributed by atoms with Crippen molar-refractivity contribution in [3.63, 3.8) is 0 Å². The molecular formula is C54H81N3O6. The molecule has 1 aromatic heterocycles. The van der Waals surface area contributed by atoms with Crippen molar-refractivity contribution in [3.8, 4) is 0 Å². The third-order valence-electron chi connectivity index (χ3n) is 18.2. The van der Waals surface area contributed by atoms with Crippen molar-refractivity contribution < 1.29 is 28.6 Å². The van der Waals surface area contributed by atoms with Gasteiger partial charge in [-0.3, -0.25) is 14.4 Å². The second-order valence-electron chi connectivity index (χ2n) is 22.9. The highest BCUT2D eigenvalue weighted by Gasteiger charge is 2.69. The number of aromatic nitrogens is 3. The zero-order chi connectivity index (χ0) is 45.1. The van der Waals surface area contributed by atoms with Crippen molar-refractivity contribution in [1.82, 2.24) is 15.0 Å². The lowest BCUT2D eigenvalue weighted by Crippen LogP contribution is -2.65. The van der Waals surface area contributed by atoms with Gasteiger partial charge in [0.2, 0.25) is 0 Å². The first-order chi connectivity index (χ1) is 30.0. The Bertz CT molecular complexity index is 1940. The molecule has 9 heteroatoms. The predicted molar refractivity (Wildman–Crippen MR) is 247 cm³/mol. The first kappa shape index (κ1) is 47.5. The standard InChI is InChI=1S/C54H81N3O6/c1-9-10-11-12-13-14-15-16-20-23-46(58)61-38-40-35-57(56-55-40)36-47(59)63-45-27-28-51(6)43(50(45,4)5)26-29-53(8)44(51)25-24-41-42-34-49(2,3)30-32-54(42,33-31-52(41,53)7)48(60)62-37-39-21-18-17-19-22-39/h17-19,21-22,24,35,42-45H,9-16,20,23,25-34,36-38H2,1-8H3/t42-,43-,44+,45-,51-,52+,53+,54-/m0/s1. The summed E-state index contributed by atoms with van der Waals surface area (Å²) in [7, 11) is 0. The minimum Gasteiger partial charge on any atom is -0.460 e. The minimum atomic E-state index is -0.462. The van der Waals surface area contributed by atoms with Gasteiger partial charge in [0.25, 0.3) is 0 Å². The van der Waals surface area contributed by atoms with Crippen molar-refractivity contribution in [2.45, 2.75) is 210 Å². The molecule has 1 heterocycles. The van der Waals surface area contributed by atoms with E-state index in [2.05, 4.69) is 71.8 Å². The van der Waals surface area contributed by atoms with E-state index in [0.29, 0.717) is 30.6 Å². The number of hydrogen-bond acceptors (Lipinski definition) is 8. The second-order valence-corrected chi connectivity index (χ2v) is 22.9. The van der Waals surface area contributed by atoms with E-state index in [1.165, 1.54) is 43.2 Å². The summed E-state index contributed by atoms with van der Waals surface area (Å²) in [6.07, 6.45) is 25.3. The number of allylic oxidation sites excluding steroid dienone is 2. The number of rotatable bonds is 18. The van der Waals surface area contributed by atoms with E-state index in [4.69, 9.17) is 14.2 Å². The zero-order valence-corrected chi connectivity index (χ0v) is 40.4. The Hall–Kier alpha value is -3.49. The summed E-state index contributed by atoms with van der Waals surface area (Å²) in [6, 6.07) is 10.1. The maximum Gasteiger partial charge on any atom is 0.328 e. The van der Waals surface area contributed by atoms with Crippen LogP contribution in [0.2, 0.25) is 0 Å². The monoisotopic (exact) mass is 868 g/mol. The smallest absolute Gasteiger partial charge is 0.328 e. The van der Waals surface area contributed by atoms with Crippen molar-refractivity contribution in [2.75, 3.05) is 0 Å². The topological polar surface area (TPSA) is 110 Å². The molecule has 8 atom stereocenters. The summed E-state index contributed by atoms with van der Waals surface area (Å²) in [6.45, 7) is 19.8. The highest BCUT2D eigenvalue weighted by molar-refractivity contribution is 5.79. The Labute approximate surface area is 379 Å². The minimum absolute atomic E-state index is 0.000575. The van der Waals surface area contributed by atoms with Crippen LogP contribution in [0.1, 0.15) is 195 Å². The van der Waals surface area contributed by atoms with Crippen LogP contribution in [0.3, 0.4) is 0 Å². The summed E-state index contributed by atoms with van der Waals surface area (Å²) in [5.41, 5.74) is 2.80. The average molecular weight is 868 g/mol. The van der Waals surface area contributed by atoms with E-state index in [0.717, 1.165) is 89.0 Å². The van der Waals surface area contributed by atoms with Crippen LogP contribution < -0.4 is 0 Å². The number of esters is 3. The zero-order valence-electron chi connectivity index (χ0n) is 40.4. The van der Waals surface area contributed by atoms with Crippen molar-refractivity contribution in [2.24, 2.45) is 50.2 Å². The Morgan fingerprint density at radius 2 is 1.44 bits per heavy atom. The normalized spacial score (nSPS) is 32.8. The Balaban J connectivity index is 0.952. The third kappa shape index (κ3) is 9.60. The molecule has 0 unspecified atom stereocenters. The van der Waals surface area contributed by atoms with Crippen molar-refractivity contribution in [3.05, 3.63) is 59.4 Å². The first-order valence-electron chi connectivity index (χ1n) is 25.1. The summed E-state index contributed by atoms with van der Waals surface area (Å²) in [5, 5.41) is 8.34. The van der Waals surface area contributed by atoms with Crippen LogP contribution in [0.25, 0.3) is 0 Å². The van der Waals surface area contributed by atoms with Crippen molar-refractivity contribution in [1.29, 1.82) is 0 Å². The van der Waals surface area contributed by atoms with Gasteiger partial charge in [0, 0.05) is 11.8 Å². The highest BCUT2D eigenvalue weighted by atomic mass is 16.5. The van der Waals surface area contributed by atoms with Gasteiger partial charge in [-0.25, -0.2) is 4.68 Å². The molecular weight excluding hydrogens is 787 g/mol. The van der Waals surface area contributed by atoms with Gasteiger partial charge >= 0.3 is 17.9 Å². The molecule has 7 rings (SSSR count). The Morgan fingerprint density at radius 1 is 0.746 bits per heavy atom. The van der Waals surface area contributed by atoms with E-state index >= 15 is 0 Å². The molecule has 5 aliphatic carbocycles. The number of ether oxygens (including phenoxy) is 3. The molecule has 0 amide bonds. The van der Waals surface area contributed by atoms with Crippen LogP contribution in [0.5, 0.6) is 0 Å². The molecule has 0 saturated heterocycles.